The van der Waals surface area contributed by atoms with Crippen LogP contribution in [0.2, 0.25) is 0 Å². The van der Waals surface area contributed by atoms with Crippen molar-refractivity contribution in [3.05, 3.63) is 59.8 Å². The minimum absolute atomic E-state index is 0.186. The molecule has 36 heavy (non-hydrogen) atoms. The quantitative estimate of drug-likeness (QED) is 0.172. The first-order valence-corrected chi connectivity index (χ1v) is 13.0. The van der Waals surface area contributed by atoms with Crippen LogP contribution in [0, 0.1) is 5.82 Å². The number of nitrogens with zero attached hydrogens (tertiary/aromatic N) is 2. The maximum Gasteiger partial charge on any atom is 0.207 e. The van der Waals surface area contributed by atoms with E-state index in [1.807, 2.05) is 12.1 Å². The molecule has 1 amide bonds. The first-order valence-electron chi connectivity index (χ1n) is 13.0. The van der Waals surface area contributed by atoms with Gasteiger partial charge in [0, 0.05) is 35.6 Å². The summed E-state index contributed by atoms with van der Waals surface area (Å²) >= 11 is 0. The van der Waals surface area contributed by atoms with Gasteiger partial charge in [-0.15, -0.1) is 0 Å². The molecule has 0 aliphatic carbocycles. The first kappa shape index (κ1) is 24.3. The summed E-state index contributed by atoms with van der Waals surface area (Å²) in [5, 5.41) is 13.6. The molecule has 2 aromatic carbocycles. The van der Waals surface area contributed by atoms with Gasteiger partial charge in [-0.3, -0.25) is 4.79 Å². The van der Waals surface area contributed by atoms with Gasteiger partial charge in [-0.1, -0.05) is 6.42 Å². The number of fused-ring (bicyclic) bond motifs is 2. The molecular weight excluding hydrogens is 457 g/mol. The highest BCUT2D eigenvalue weighted by Crippen LogP contribution is 2.34. The number of halogens is 1. The Hall–Kier alpha value is -3.39. The van der Waals surface area contributed by atoms with Gasteiger partial charge >= 0.3 is 0 Å². The maximum absolute atomic E-state index is 13.8. The number of phenolic OH excluding ortho intramolecular Hbond substituents is 1. The van der Waals surface area contributed by atoms with E-state index in [0.717, 1.165) is 92.3 Å². The third-order valence-electron chi connectivity index (χ3n) is 7.57. The molecule has 0 saturated carbocycles. The smallest absolute Gasteiger partial charge is 0.207 e. The van der Waals surface area contributed by atoms with Gasteiger partial charge in [0.05, 0.1) is 11.0 Å². The van der Waals surface area contributed by atoms with Crippen LogP contribution in [0.25, 0.3) is 21.9 Å². The number of hydrogen-bond acceptors (Lipinski definition) is 4. The number of aromatic nitrogens is 3. The molecule has 0 unspecified atom stereocenters. The van der Waals surface area contributed by atoms with Gasteiger partial charge in [0.25, 0.3) is 0 Å². The Balaban J connectivity index is 1.20. The van der Waals surface area contributed by atoms with E-state index in [1.54, 1.807) is 18.2 Å². The number of benzene rings is 2. The fourth-order valence-electron chi connectivity index (χ4n) is 5.56. The summed E-state index contributed by atoms with van der Waals surface area (Å²) < 4.78 is 13.8. The number of aromatic hydroxyl groups is 1. The van der Waals surface area contributed by atoms with Crippen LogP contribution >= 0.6 is 0 Å². The lowest BCUT2D eigenvalue weighted by atomic mass is 9.88. The summed E-state index contributed by atoms with van der Waals surface area (Å²) in [5.41, 5.74) is 3.95. The zero-order valence-corrected chi connectivity index (χ0v) is 20.5. The number of likely N-dealkylation sites (tertiary alicyclic amines) is 1. The highest BCUT2D eigenvalue weighted by atomic mass is 19.1. The Kier molecular flexibility index (Phi) is 7.51. The van der Waals surface area contributed by atoms with Crippen molar-refractivity contribution in [2.45, 2.75) is 50.4 Å². The van der Waals surface area contributed by atoms with Crippen molar-refractivity contribution in [2.24, 2.45) is 0 Å². The Bertz CT molecular complexity index is 1310. The van der Waals surface area contributed by atoms with E-state index in [-0.39, 0.29) is 17.5 Å². The molecule has 1 atom stereocenters. The molecule has 0 bridgehead atoms. The molecule has 0 spiro atoms. The molecule has 4 N–H and O–H groups in total. The second-order valence-electron chi connectivity index (χ2n) is 9.93. The summed E-state index contributed by atoms with van der Waals surface area (Å²) in [5.74, 6) is 1.74. The molecule has 4 aromatic rings. The van der Waals surface area contributed by atoms with Crippen LogP contribution in [0.5, 0.6) is 5.75 Å². The monoisotopic (exact) mass is 491 g/mol. The minimum atomic E-state index is -0.186. The Morgan fingerprint density at radius 1 is 1.14 bits per heavy atom. The number of carbonyl (C=O) groups is 1. The van der Waals surface area contributed by atoms with Crippen LogP contribution < -0.4 is 5.32 Å². The van der Waals surface area contributed by atoms with Gasteiger partial charge in [0.2, 0.25) is 6.41 Å². The molecule has 0 radical (unpaired) electrons. The number of hydrogen-bond donors (Lipinski definition) is 4. The van der Waals surface area contributed by atoms with E-state index < -0.39 is 0 Å². The van der Waals surface area contributed by atoms with E-state index in [4.69, 9.17) is 4.98 Å². The van der Waals surface area contributed by atoms with Crippen LogP contribution in [0.3, 0.4) is 0 Å². The topological polar surface area (TPSA) is 97.0 Å². The Morgan fingerprint density at radius 2 is 2.00 bits per heavy atom. The fraction of sp³-hybridized carbons (Fsp3) is 0.429. The Labute approximate surface area is 210 Å². The number of aromatic amines is 2. The van der Waals surface area contributed by atoms with Crippen molar-refractivity contribution in [3.63, 3.8) is 0 Å². The largest absolute Gasteiger partial charge is 0.508 e. The van der Waals surface area contributed by atoms with Gasteiger partial charge < -0.3 is 25.3 Å². The van der Waals surface area contributed by atoms with E-state index >= 15 is 0 Å². The van der Waals surface area contributed by atoms with Crippen molar-refractivity contribution in [1.82, 2.24) is 25.2 Å². The zero-order chi connectivity index (χ0) is 24.9. The van der Waals surface area contributed by atoms with Gasteiger partial charge in [0.15, 0.2) is 0 Å². The normalized spacial score (nSPS) is 16.0. The molecule has 1 fully saturated rings. The van der Waals surface area contributed by atoms with Crippen molar-refractivity contribution >= 4 is 28.3 Å². The van der Waals surface area contributed by atoms with Gasteiger partial charge in [0.1, 0.15) is 17.4 Å². The summed E-state index contributed by atoms with van der Waals surface area (Å²) in [6.07, 6.45) is 8.86. The average molecular weight is 492 g/mol. The summed E-state index contributed by atoms with van der Waals surface area (Å²) in [6.45, 7) is 3.73. The SMILES string of the molecule is O=CNCCCC[C@@H](CCN1CCC(c2c[nH]c3ccc(F)cc23)CC1)c1nc2ccc(O)cc2[nH]1. The summed E-state index contributed by atoms with van der Waals surface area (Å²) in [7, 11) is 0. The predicted octanol–water partition coefficient (Wildman–Crippen LogP) is 5.16. The number of piperidine rings is 1. The third kappa shape index (κ3) is 5.54. The second kappa shape index (κ2) is 11.1. The average Bonchev–Trinajstić information content (AvgIpc) is 3.49. The van der Waals surface area contributed by atoms with Crippen LogP contribution in [-0.4, -0.2) is 57.5 Å². The lowest BCUT2D eigenvalue weighted by molar-refractivity contribution is -0.109. The number of nitrogens with one attached hydrogen (secondary N) is 3. The zero-order valence-electron chi connectivity index (χ0n) is 20.5. The highest BCUT2D eigenvalue weighted by molar-refractivity contribution is 5.83. The molecule has 8 heteroatoms. The number of amides is 1. The number of carbonyl (C=O) groups excluding carboxylic acids is 1. The van der Waals surface area contributed by atoms with E-state index in [0.29, 0.717) is 12.5 Å². The number of phenols is 1. The molecule has 3 heterocycles. The minimum Gasteiger partial charge on any atom is -0.508 e. The second-order valence-corrected chi connectivity index (χ2v) is 9.93. The standard InChI is InChI=1S/C28H34FN5O2/c29-21-4-6-25-23(15-21)24(17-31-25)19-8-12-34(13-9-19)14-10-20(3-1-2-11-30-18-35)28-32-26-7-5-22(36)16-27(26)33-28/h4-7,15-20,31,36H,1-3,8-14H2,(H,30,35)(H,32,33)/t20-/m0/s1. The number of rotatable bonds is 11. The molecule has 1 aliphatic rings. The van der Waals surface area contributed by atoms with Crippen LogP contribution in [0.1, 0.15) is 61.7 Å². The Morgan fingerprint density at radius 3 is 2.83 bits per heavy atom. The van der Waals surface area contributed by atoms with Crippen molar-refractivity contribution in [3.8, 4) is 5.75 Å². The van der Waals surface area contributed by atoms with Gasteiger partial charge in [-0.25, -0.2) is 9.37 Å². The number of imidazole rings is 1. The lowest BCUT2D eigenvalue weighted by Crippen LogP contribution is -2.34. The number of H-pyrrole nitrogens is 2. The fourth-order valence-corrected chi connectivity index (χ4v) is 5.56. The van der Waals surface area contributed by atoms with Crippen molar-refractivity contribution in [1.29, 1.82) is 0 Å². The molecule has 1 saturated heterocycles. The van der Waals surface area contributed by atoms with Crippen molar-refractivity contribution in [2.75, 3.05) is 26.2 Å². The molecule has 7 nitrogen and oxygen atoms in total. The van der Waals surface area contributed by atoms with E-state index in [2.05, 4.69) is 26.4 Å². The summed E-state index contributed by atoms with van der Waals surface area (Å²) in [4.78, 5) is 24.6. The molecule has 1 aliphatic heterocycles. The van der Waals surface area contributed by atoms with E-state index in [1.165, 1.54) is 11.6 Å². The molecular formula is C28H34FN5O2. The van der Waals surface area contributed by atoms with Gasteiger partial charge in [-0.05, 0) is 93.6 Å². The maximum atomic E-state index is 13.8. The van der Waals surface area contributed by atoms with Crippen LogP contribution in [0.4, 0.5) is 4.39 Å². The predicted molar refractivity (Wildman–Crippen MR) is 140 cm³/mol. The first-order chi connectivity index (χ1) is 17.6. The van der Waals surface area contributed by atoms with E-state index in [9.17, 15) is 14.3 Å². The van der Waals surface area contributed by atoms with Gasteiger partial charge in [-0.2, -0.15) is 0 Å². The summed E-state index contributed by atoms with van der Waals surface area (Å²) in [6, 6.07) is 10.2. The highest BCUT2D eigenvalue weighted by Gasteiger charge is 2.24. The lowest BCUT2D eigenvalue weighted by Gasteiger charge is -2.32. The van der Waals surface area contributed by atoms with Crippen LogP contribution in [0.15, 0.2) is 42.6 Å². The number of unbranched alkanes of at least 4 members (excludes halogenated alkanes) is 1. The molecule has 190 valence electrons. The van der Waals surface area contributed by atoms with Crippen molar-refractivity contribution < 1.29 is 14.3 Å². The third-order valence-corrected chi connectivity index (χ3v) is 7.57. The molecule has 5 rings (SSSR count). The van der Waals surface area contributed by atoms with Crippen LogP contribution in [-0.2, 0) is 4.79 Å². The molecule has 2 aromatic heterocycles.